The molecule has 6 nitrogen and oxygen atoms in total. The topological polar surface area (TPSA) is 80.2 Å². The monoisotopic (exact) mass is 322 g/mol. The molecule has 1 saturated carbocycles. The smallest absolute Gasteiger partial charge is 0.270 e. The third-order valence-corrected chi connectivity index (χ3v) is 4.84. The lowest BCUT2D eigenvalue weighted by molar-refractivity contribution is 0.0545. The summed E-state index contributed by atoms with van der Waals surface area (Å²) in [4.78, 5) is 31.9. The number of carbonyl (C=O) groups is 1. The maximum Gasteiger partial charge on any atom is 0.270 e. The number of H-pyrrole nitrogens is 1. The van der Waals surface area contributed by atoms with Gasteiger partial charge in [-0.25, -0.2) is 0 Å². The average Bonchev–Trinajstić information content (AvgIpc) is 3.45. The van der Waals surface area contributed by atoms with Crippen LogP contribution in [0, 0.1) is 11.3 Å². The maximum absolute atomic E-state index is 12.8. The van der Waals surface area contributed by atoms with Crippen molar-refractivity contribution in [2.75, 3.05) is 19.6 Å². The largest absolute Gasteiger partial charge is 0.350 e. The standard InChI is InChI=1S/C18H18N4O2/c19-10-13-11-21(7-8-22(13)12-5-6-12)18(24)16-9-17(23)14-3-1-2-4-15(14)20-16/h1-4,9,12-13H,5-8,11H2,(H,20,23). The molecule has 1 saturated heterocycles. The summed E-state index contributed by atoms with van der Waals surface area (Å²) in [6.45, 7) is 1.69. The Labute approximate surface area is 139 Å². The fourth-order valence-electron chi connectivity index (χ4n) is 3.42. The van der Waals surface area contributed by atoms with Crippen molar-refractivity contribution in [1.82, 2.24) is 14.8 Å². The van der Waals surface area contributed by atoms with E-state index in [1.54, 1.807) is 23.1 Å². The number of nitriles is 1. The molecule has 1 aliphatic carbocycles. The molecule has 2 aliphatic rings. The zero-order valence-electron chi connectivity index (χ0n) is 13.2. The number of aromatic nitrogens is 1. The summed E-state index contributed by atoms with van der Waals surface area (Å²) < 4.78 is 0. The van der Waals surface area contributed by atoms with E-state index < -0.39 is 0 Å². The highest BCUT2D eigenvalue weighted by molar-refractivity contribution is 5.95. The molecule has 2 heterocycles. The zero-order valence-corrected chi connectivity index (χ0v) is 13.2. The van der Waals surface area contributed by atoms with Crippen molar-refractivity contribution in [2.24, 2.45) is 0 Å². The number of fused-ring (bicyclic) bond motifs is 1. The second-order valence-electron chi connectivity index (χ2n) is 6.46. The lowest BCUT2D eigenvalue weighted by atomic mass is 10.1. The summed E-state index contributed by atoms with van der Waals surface area (Å²) in [5.41, 5.74) is 0.776. The van der Waals surface area contributed by atoms with Gasteiger partial charge in [0.25, 0.3) is 5.91 Å². The van der Waals surface area contributed by atoms with Crippen LogP contribution in [-0.2, 0) is 0 Å². The summed E-state index contributed by atoms with van der Waals surface area (Å²) in [6, 6.07) is 11.1. The van der Waals surface area contributed by atoms with E-state index in [9.17, 15) is 14.9 Å². The summed E-state index contributed by atoms with van der Waals surface area (Å²) >= 11 is 0. The van der Waals surface area contributed by atoms with Crippen molar-refractivity contribution >= 4 is 16.8 Å². The summed E-state index contributed by atoms with van der Waals surface area (Å²) in [6.07, 6.45) is 2.29. The van der Waals surface area contributed by atoms with E-state index in [1.165, 1.54) is 6.07 Å². The first-order chi connectivity index (χ1) is 11.7. The van der Waals surface area contributed by atoms with E-state index >= 15 is 0 Å². The van der Waals surface area contributed by atoms with Crippen molar-refractivity contribution < 1.29 is 4.79 Å². The Morgan fingerprint density at radius 3 is 2.79 bits per heavy atom. The molecule has 0 spiro atoms. The van der Waals surface area contributed by atoms with Gasteiger partial charge in [-0.15, -0.1) is 0 Å². The number of amides is 1. The van der Waals surface area contributed by atoms with Crippen LogP contribution in [0.2, 0.25) is 0 Å². The molecule has 24 heavy (non-hydrogen) atoms. The predicted octanol–water partition coefficient (Wildman–Crippen LogP) is 1.34. The molecule has 1 unspecified atom stereocenters. The number of benzene rings is 1. The third-order valence-electron chi connectivity index (χ3n) is 4.84. The van der Waals surface area contributed by atoms with Gasteiger partial charge in [-0.05, 0) is 25.0 Å². The van der Waals surface area contributed by atoms with E-state index in [0.29, 0.717) is 36.6 Å². The van der Waals surface area contributed by atoms with Crippen LogP contribution in [-0.4, -0.2) is 52.4 Å². The number of aromatic amines is 1. The second kappa shape index (κ2) is 5.77. The predicted molar refractivity (Wildman–Crippen MR) is 89.6 cm³/mol. The van der Waals surface area contributed by atoms with Crippen molar-refractivity contribution in [3.05, 3.63) is 46.2 Å². The number of hydrogen-bond acceptors (Lipinski definition) is 4. The Morgan fingerprint density at radius 1 is 1.25 bits per heavy atom. The van der Waals surface area contributed by atoms with Gasteiger partial charge in [-0.3, -0.25) is 14.5 Å². The van der Waals surface area contributed by atoms with E-state index in [0.717, 1.165) is 12.8 Å². The molecular formula is C18H18N4O2. The molecule has 1 aromatic heterocycles. The molecule has 1 N–H and O–H groups in total. The van der Waals surface area contributed by atoms with Crippen molar-refractivity contribution in [1.29, 1.82) is 5.26 Å². The normalized spacial score (nSPS) is 21.6. The fraction of sp³-hybridized carbons (Fsp3) is 0.389. The number of nitrogens with zero attached hydrogens (tertiary/aromatic N) is 3. The lowest BCUT2D eigenvalue weighted by Gasteiger charge is -2.38. The number of rotatable bonds is 2. The molecule has 1 aliphatic heterocycles. The minimum Gasteiger partial charge on any atom is -0.350 e. The van der Waals surface area contributed by atoms with E-state index in [1.807, 2.05) is 6.07 Å². The van der Waals surface area contributed by atoms with Gasteiger partial charge in [-0.2, -0.15) is 5.26 Å². The minimum absolute atomic E-state index is 0.166. The molecular weight excluding hydrogens is 304 g/mol. The fourth-order valence-corrected chi connectivity index (χ4v) is 3.42. The highest BCUT2D eigenvalue weighted by atomic mass is 16.2. The van der Waals surface area contributed by atoms with Crippen LogP contribution in [0.5, 0.6) is 0 Å². The molecule has 122 valence electrons. The zero-order chi connectivity index (χ0) is 16.7. The Kier molecular flexibility index (Phi) is 3.58. The number of piperazine rings is 1. The molecule has 2 fully saturated rings. The summed E-state index contributed by atoms with van der Waals surface area (Å²) in [5.74, 6) is -0.214. The van der Waals surface area contributed by atoms with Gasteiger partial charge < -0.3 is 9.88 Å². The van der Waals surface area contributed by atoms with Crippen LogP contribution in [0.1, 0.15) is 23.3 Å². The number of para-hydroxylation sites is 1. The Balaban J connectivity index is 1.60. The van der Waals surface area contributed by atoms with Crippen molar-refractivity contribution in [2.45, 2.75) is 24.9 Å². The van der Waals surface area contributed by atoms with Crippen LogP contribution in [0.25, 0.3) is 10.9 Å². The molecule has 0 bridgehead atoms. The summed E-state index contributed by atoms with van der Waals surface area (Å²) in [5, 5.41) is 9.98. The van der Waals surface area contributed by atoms with E-state index in [2.05, 4.69) is 16.0 Å². The van der Waals surface area contributed by atoms with E-state index in [-0.39, 0.29) is 23.1 Å². The first-order valence-corrected chi connectivity index (χ1v) is 8.24. The Morgan fingerprint density at radius 2 is 2.04 bits per heavy atom. The van der Waals surface area contributed by atoms with E-state index in [4.69, 9.17) is 0 Å². The van der Waals surface area contributed by atoms with Crippen LogP contribution in [0.15, 0.2) is 35.1 Å². The van der Waals surface area contributed by atoms with Crippen LogP contribution in [0.4, 0.5) is 0 Å². The molecule has 4 rings (SSSR count). The third kappa shape index (κ3) is 2.57. The lowest BCUT2D eigenvalue weighted by Crippen LogP contribution is -2.55. The number of nitrogens with one attached hydrogen (secondary N) is 1. The van der Waals surface area contributed by atoms with Gasteiger partial charge in [0.2, 0.25) is 0 Å². The van der Waals surface area contributed by atoms with Gasteiger partial charge in [0.15, 0.2) is 5.43 Å². The minimum atomic E-state index is -0.262. The maximum atomic E-state index is 12.8. The molecule has 1 aromatic carbocycles. The molecule has 1 amide bonds. The summed E-state index contributed by atoms with van der Waals surface area (Å²) in [7, 11) is 0. The SMILES string of the molecule is N#CC1CN(C(=O)c2cc(=O)c3ccccc3[nH]2)CCN1C1CC1. The van der Waals surface area contributed by atoms with Gasteiger partial charge in [0.05, 0.1) is 12.6 Å². The van der Waals surface area contributed by atoms with Crippen LogP contribution >= 0.6 is 0 Å². The Bertz CT molecular complexity index is 894. The van der Waals surface area contributed by atoms with Gasteiger partial charge in [0.1, 0.15) is 11.7 Å². The average molecular weight is 322 g/mol. The number of hydrogen-bond donors (Lipinski definition) is 1. The number of pyridine rings is 1. The number of carbonyl (C=O) groups excluding carboxylic acids is 1. The van der Waals surface area contributed by atoms with Gasteiger partial charge >= 0.3 is 0 Å². The van der Waals surface area contributed by atoms with Crippen molar-refractivity contribution in [3.8, 4) is 6.07 Å². The van der Waals surface area contributed by atoms with Gasteiger partial charge in [0, 0.05) is 36.1 Å². The molecule has 6 heteroatoms. The van der Waals surface area contributed by atoms with Crippen molar-refractivity contribution in [3.63, 3.8) is 0 Å². The first-order valence-electron chi connectivity index (χ1n) is 8.24. The van der Waals surface area contributed by atoms with Crippen LogP contribution in [0.3, 0.4) is 0 Å². The molecule has 1 atom stereocenters. The second-order valence-corrected chi connectivity index (χ2v) is 6.46. The highest BCUT2D eigenvalue weighted by Gasteiger charge is 2.38. The molecule has 2 aromatic rings. The van der Waals surface area contributed by atoms with Gasteiger partial charge in [-0.1, -0.05) is 12.1 Å². The quantitative estimate of drug-likeness (QED) is 0.905. The first kappa shape index (κ1) is 14.9. The Hall–Kier alpha value is -2.65. The molecule has 0 radical (unpaired) electrons. The van der Waals surface area contributed by atoms with Crippen LogP contribution < -0.4 is 5.43 Å². The highest BCUT2D eigenvalue weighted by Crippen LogP contribution is 2.30.